The molecule has 0 aliphatic heterocycles. The number of aromatic nitrogens is 2. The molecular formula is C14H18ClN3. The van der Waals surface area contributed by atoms with E-state index in [-0.39, 0.29) is 0 Å². The van der Waals surface area contributed by atoms with Crippen LogP contribution in [-0.2, 0) is 13.1 Å². The monoisotopic (exact) mass is 263 g/mol. The quantitative estimate of drug-likeness (QED) is 0.897. The lowest BCUT2D eigenvalue weighted by Crippen LogP contribution is -2.08. The summed E-state index contributed by atoms with van der Waals surface area (Å²) in [5.41, 5.74) is 2.32. The lowest BCUT2D eigenvalue weighted by molar-refractivity contribution is 0.684. The van der Waals surface area contributed by atoms with Crippen molar-refractivity contribution in [2.24, 2.45) is 0 Å². The van der Waals surface area contributed by atoms with Crippen molar-refractivity contribution < 1.29 is 0 Å². The Morgan fingerprint density at radius 2 is 2.22 bits per heavy atom. The van der Waals surface area contributed by atoms with Crippen molar-refractivity contribution in [2.45, 2.75) is 26.4 Å². The Labute approximate surface area is 113 Å². The SMILES string of the molecule is CCCn1ccnc1-c1ccc(Cl)cc1CNC. The van der Waals surface area contributed by atoms with Crippen molar-refractivity contribution in [1.82, 2.24) is 14.9 Å². The Balaban J connectivity index is 2.45. The number of nitrogens with one attached hydrogen (secondary N) is 1. The van der Waals surface area contributed by atoms with Crippen molar-refractivity contribution in [3.8, 4) is 11.4 Å². The molecule has 1 heterocycles. The molecule has 96 valence electrons. The van der Waals surface area contributed by atoms with Gasteiger partial charge in [-0.2, -0.15) is 0 Å². The molecule has 0 unspecified atom stereocenters. The van der Waals surface area contributed by atoms with Crippen molar-refractivity contribution in [3.63, 3.8) is 0 Å². The van der Waals surface area contributed by atoms with Crippen molar-refractivity contribution in [3.05, 3.63) is 41.2 Å². The van der Waals surface area contributed by atoms with Crippen LogP contribution in [0.3, 0.4) is 0 Å². The van der Waals surface area contributed by atoms with E-state index in [2.05, 4.69) is 21.8 Å². The van der Waals surface area contributed by atoms with Gasteiger partial charge in [-0.15, -0.1) is 0 Å². The largest absolute Gasteiger partial charge is 0.331 e. The number of hydrogen-bond donors (Lipinski definition) is 1. The van der Waals surface area contributed by atoms with Gasteiger partial charge in [0.05, 0.1) is 0 Å². The predicted octanol–water partition coefficient (Wildman–Crippen LogP) is 3.33. The number of aryl methyl sites for hydroxylation is 1. The third-order valence-corrected chi connectivity index (χ3v) is 3.09. The average Bonchev–Trinajstić information content (AvgIpc) is 2.78. The summed E-state index contributed by atoms with van der Waals surface area (Å²) in [5, 5.41) is 3.93. The van der Waals surface area contributed by atoms with Gasteiger partial charge in [0, 0.05) is 36.1 Å². The molecule has 0 spiro atoms. The summed E-state index contributed by atoms with van der Waals surface area (Å²) < 4.78 is 2.18. The minimum atomic E-state index is 0.762. The molecule has 0 bridgehead atoms. The average molecular weight is 264 g/mol. The molecule has 0 aliphatic carbocycles. The molecule has 1 aromatic heterocycles. The maximum atomic E-state index is 6.06. The Hall–Kier alpha value is -1.32. The van der Waals surface area contributed by atoms with Crippen molar-refractivity contribution in [1.29, 1.82) is 0 Å². The Morgan fingerprint density at radius 3 is 2.94 bits per heavy atom. The van der Waals surface area contributed by atoms with E-state index in [0.29, 0.717) is 0 Å². The maximum Gasteiger partial charge on any atom is 0.140 e. The number of halogens is 1. The molecule has 18 heavy (non-hydrogen) atoms. The number of imidazole rings is 1. The van der Waals surface area contributed by atoms with Crippen LogP contribution in [-0.4, -0.2) is 16.6 Å². The van der Waals surface area contributed by atoms with Crippen LogP contribution in [0.1, 0.15) is 18.9 Å². The molecule has 0 atom stereocenters. The molecule has 0 fully saturated rings. The van der Waals surface area contributed by atoms with Gasteiger partial charge in [0.2, 0.25) is 0 Å². The van der Waals surface area contributed by atoms with Gasteiger partial charge in [-0.1, -0.05) is 18.5 Å². The second-order valence-electron chi connectivity index (χ2n) is 4.28. The van der Waals surface area contributed by atoms with Crippen LogP contribution in [0.2, 0.25) is 5.02 Å². The fourth-order valence-corrected chi connectivity index (χ4v) is 2.29. The molecule has 0 aliphatic rings. The third-order valence-electron chi connectivity index (χ3n) is 2.86. The van der Waals surface area contributed by atoms with Crippen LogP contribution in [0.5, 0.6) is 0 Å². The Morgan fingerprint density at radius 1 is 1.39 bits per heavy atom. The molecule has 0 amide bonds. The number of rotatable bonds is 5. The highest BCUT2D eigenvalue weighted by atomic mass is 35.5. The highest BCUT2D eigenvalue weighted by Crippen LogP contribution is 2.25. The summed E-state index contributed by atoms with van der Waals surface area (Å²) >= 11 is 6.06. The first kappa shape index (κ1) is 13.1. The van der Waals surface area contributed by atoms with Crippen LogP contribution >= 0.6 is 11.6 Å². The van der Waals surface area contributed by atoms with Crippen LogP contribution < -0.4 is 5.32 Å². The fourth-order valence-electron chi connectivity index (χ4n) is 2.09. The second kappa shape index (κ2) is 6.03. The maximum absolute atomic E-state index is 6.06. The van der Waals surface area contributed by atoms with Gasteiger partial charge in [0.1, 0.15) is 5.82 Å². The van der Waals surface area contributed by atoms with Gasteiger partial charge in [-0.3, -0.25) is 0 Å². The molecule has 3 nitrogen and oxygen atoms in total. The highest BCUT2D eigenvalue weighted by molar-refractivity contribution is 6.30. The van der Waals surface area contributed by atoms with Gasteiger partial charge in [-0.05, 0) is 37.2 Å². The number of benzene rings is 1. The summed E-state index contributed by atoms with van der Waals surface area (Å²) in [6.45, 7) is 3.94. The second-order valence-corrected chi connectivity index (χ2v) is 4.71. The van der Waals surface area contributed by atoms with E-state index in [0.717, 1.165) is 35.9 Å². The minimum absolute atomic E-state index is 0.762. The van der Waals surface area contributed by atoms with Crippen molar-refractivity contribution >= 4 is 11.6 Å². The lowest BCUT2D eigenvalue weighted by atomic mass is 10.1. The highest BCUT2D eigenvalue weighted by Gasteiger charge is 2.10. The standard InChI is InChI=1S/C14H18ClN3/c1-3-7-18-8-6-17-14(18)13-5-4-12(15)9-11(13)10-16-2/h4-6,8-9,16H,3,7,10H2,1-2H3. The van der Waals surface area contributed by atoms with Crippen LogP contribution in [0.4, 0.5) is 0 Å². The molecule has 4 heteroatoms. The fraction of sp³-hybridized carbons (Fsp3) is 0.357. The Bertz CT molecular complexity index is 520. The van der Waals surface area contributed by atoms with Crippen LogP contribution in [0.15, 0.2) is 30.6 Å². The summed E-state index contributed by atoms with van der Waals surface area (Å²) in [5.74, 6) is 1.01. The predicted molar refractivity (Wildman–Crippen MR) is 75.7 cm³/mol. The molecule has 0 radical (unpaired) electrons. The molecule has 0 saturated carbocycles. The molecule has 0 saturated heterocycles. The minimum Gasteiger partial charge on any atom is -0.331 e. The first-order chi connectivity index (χ1) is 8.76. The summed E-state index contributed by atoms with van der Waals surface area (Å²) in [7, 11) is 1.93. The van der Waals surface area contributed by atoms with Crippen molar-refractivity contribution in [2.75, 3.05) is 7.05 Å². The number of hydrogen-bond acceptors (Lipinski definition) is 2. The van der Waals surface area contributed by atoms with E-state index >= 15 is 0 Å². The zero-order valence-electron chi connectivity index (χ0n) is 10.8. The summed E-state index contributed by atoms with van der Waals surface area (Å²) in [6, 6.07) is 5.96. The van der Waals surface area contributed by atoms with Gasteiger partial charge >= 0.3 is 0 Å². The molecule has 2 aromatic rings. The van der Waals surface area contributed by atoms with E-state index in [1.165, 1.54) is 5.56 Å². The summed E-state index contributed by atoms with van der Waals surface area (Å²) in [4.78, 5) is 4.47. The summed E-state index contributed by atoms with van der Waals surface area (Å²) in [6.07, 6.45) is 4.97. The van der Waals surface area contributed by atoms with E-state index in [1.807, 2.05) is 37.6 Å². The molecule has 1 N–H and O–H groups in total. The number of nitrogens with zero attached hydrogens (tertiary/aromatic N) is 2. The van der Waals surface area contributed by atoms with Crippen LogP contribution in [0, 0.1) is 0 Å². The first-order valence-corrected chi connectivity index (χ1v) is 6.58. The molecule has 1 aromatic carbocycles. The van der Waals surface area contributed by atoms with E-state index < -0.39 is 0 Å². The third kappa shape index (κ3) is 2.74. The topological polar surface area (TPSA) is 29.9 Å². The van der Waals surface area contributed by atoms with Gasteiger partial charge < -0.3 is 9.88 Å². The van der Waals surface area contributed by atoms with Gasteiger partial charge in [0.15, 0.2) is 0 Å². The molecule has 2 rings (SSSR count). The zero-order chi connectivity index (χ0) is 13.0. The zero-order valence-corrected chi connectivity index (χ0v) is 11.5. The lowest BCUT2D eigenvalue weighted by Gasteiger charge is -2.11. The first-order valence-electron chi connectivity index (χ1n) is 6.20. The Kier molecular flexibility index (Phi) is 4.39. The van der Waals surface area contributed by atoms with E-state index in [4.69, 9.17) is 11.6 Å². The van der Waals surface area contributed by atoms with Gasteiger partial charge in [-0.25, -0.2) is 4.98 Å². The normalized spacial score (nSPS) is 10.8. The van der Waals surface area contributed by atoms with E-state index in [1.54, 1.807) is 0 Å². The van der Waals surface area contributed by atoms with Gasteiger partial charge in [0.25, 0.3) is 0 Å². The molecular weight excluding hydrogens is 246 g/mol. The van der Waals surface area contributed by atoms with Crippen LogP contribution in [0.25, 0.3) is 11.4 Å². The smallest absolute Gasteiger partial charge is 0.140 e. The van der Waals surface area contributed by atoms with E-state index in [9.17, 15) is 0 Å².